The molecule has 134 valence electrons. The van der Waals surface area contributed by atoms with Crippen LogP contribution in [0.4, 0.5) is 5.82 Å². The highest BCUT2D eigenvalue weighted by Crippen LogP contribution is 2.45. The van der Waals surface area contributed by atoms with Gasteiger partial charge in [0.05, 0.1) is 29.5 Å². The number of fused-ring (bicyclic) bond motifs is 1. The van der Waals surface area contributed by atoms with Crippen LogP contribution in [0.2, 0.25) is 0 Å². The molecule has 2 aromatic rings. The topological polar surface area (TPSA) is 91.9 Å². The molecule has 27 heavy (non-hydrogen) atoms. The summed E-state index contributed by atoms with van der Waals surface area (Å²) in [7, 11) is 2.04. The summed E-state index contributed by atoms with van der Waals surface area (Å²) in [5.41, 5.74) is 4.22. The van der Waals surface area contributed by atoms with Gasteiger partial charge in [-0.25, -0.2) is 4.99 Å². The summed E-state index contributed by atoms with van der Waals surface area (Å²) in [5.74, 6) is -0.00459. The van der Waals surface area contributed by atoms with E-state index in [0.29, 0.717) is 11.4 Å². The zero-order chi connectivity index (χ0) is 19.0. The molecule has 0 aliphatic carbocycles. The average Bonchev–Trinajstić information content (AvgIpc) is 3.15. The van der Waals surface area contributed by atoms with Crippen LogP contribution in [0.1, 0.15) is 35.4 Å². The monoisotopic (exact) mass is 420 g/mol. The second kappa shape index (κ2) is 7.02. The highest BCUT2D eigenvalue weighted by Gasteiger charge is 2.38. The second-order valence-electron chi connectivity index (χ2n) is 6.81. The van der Waals surface area contributed by atoms with Gasteiger partial charge in [0, 0.05) is 35.7 Å². The summed E-state index contributed by atoms with van der Waals surface area (Å²) in [6.45, 7) is 1.00. The van der Waals surface area contributed by atoms with E-state index in [4.69, 9.17) is 4.99 Å². The van der Waals surface area contributed by atoms with Gasteiger partial charge < -0.3 is 4.90 Å². The van der Waals surface area contributed by atoms with Crippen molar-refractivity contribution in [1.82, 2.24) is 15.1 Å². The lowest BCUT2D eigenvalue weighted by atomic mass is 9.75. The molecule has 6 nitrogen and oxygen atoms in total. The van der Waals surface area contributed by atoms with Gasteiger partial charge >= 0.3 is 0 Å². The van der Waals surface area contributed by atoms with E-state index in [1.807, 2.05) is 19.2 Å². The molecule has 7 heteroatoms. The van der Waals surface area contributed by atoms with Crippen molar-refractivity contribution in [3.63, 3.8) is 0 Å². The molecule has 2 unspecified atom stereocenters. The summed E-state index contributed by atoms with van der Waals surface area (Å²) in [6, 6.07) is 10.3. The van der Waals surface area contributed by atoms with Gasteiger partial charge in [0.2, 0.25) is 0 Å². The Hall–Kier alpha value is -2.90. The van der Waals surface area contributed by atoms with Gasteiger partial charge in [-0.15, -0.1) is 0 Å². The van der Waals surface area contributed by atoms with Crippen molar-refractivity contribution < 1.29 is 0 Å². The van der Waals surface area contributed by atoms with Crippen LogP contribution >= 0.6 is 15.9 Å². The molecular formula is C20H17BrN6. The third kappa shape index (κ3) is 2.94. The quantitative estimate of drug-likeness (QED) is 0.793. The number of allylic oxidation sites excluding steroid dienone is 1. The molecule has 1 N–H and O–H groups in total. The van der Waals surface area contributed by atoms with Crippen molar-refractivity contribution in [2.24, 2.45) is 10.9 Å². The van der Waals surface area contributed by atoms with Crippen LogP contribution in [-0.4, -0.2) is 34.4 Å². The van der Waals surface area contributed by atoms with Gasteiger partial charge in [0.25, 0.3) is 0 Å². The normalized spacial score (nSPS) is 21.6. The van der Waals surface area contributed by atoms with E-state index in [0.717, 1.165) is 46.3 Å². The largest absolute Gasteiger partial charge is 0.380 e. The minimum atomic E-state index is -0.446. The number of nitriles is 2. The predicted octanol–water partition coefficient (Wildman–Crippen LogP) is 4.01. The molecule has 4 rings (SSSR count). The minimum Gasteiger partial charge on any atom is -0.380 e. The maximum absolute atomic E-state index is 10.1. The summed E-state index contributed by atoms with van der Waals surface area (Å²) >= 11 is 3.57. The molecule has 0 radical (unpaired) electrons. The Morgan fingerprint density at radius 2 is 2.15 bits per heavy atom. The molecule has 0 saturated heterocycles. The Morgan fingerprint density at radius 1 is 1.30 bits per heavy atom. The van der Waals surface area contributed by atoms with E-state index in [2.05, 4.69) is 49.4 Å². The lowest BCUT2D eigenvalue weighted by Gasteiger charge is -2.31. The van der Waals surface area contributed by atoms with E-state index in [-0.39, 0.29) is 5.92 Å². The number of nitrogens with zero attached hydrogens (tertiary/aromatic N) is 5. The lowest BCUT2D eigenvalue weighted by molar-refractivity contribution is 0.420. The molecule has 2 aliphatic rings. The summed E-state index contributed by atoms with van der Waals surface area (Å²) < 4.78 is 0.723. The van der Waals surface area contributed by atoms with Gasteiger partial charge in [-0.05, 0) is 46.0 Å². The zero-order valence-electron chi connectivity index (χ0n) is 14.8. The molecule has 1 aromatic carbocycles. The number of H-pyrrole nitrogens is 1. The molecule has 0 spiro atoms. The molecule has 2 aliphatic heterocycles. The van der Waals surface area contributed by atoms with Gasteiger partial charge in [0.1, 0.15) is 6.07 Å². The Bertz CT molecular complexity index is 1040. The van der Waals surface area contributed by atoms with Crippen molar-refractivity contribution in [2.45, 2.75) is 18.8 Å². The third-order valence-electron chi connectivity index (χ3n) is 5.13. The Morgan fingerprint density at radius 3 is 2.89 bits per heavy atom. The van der Waals surface area contributed by atoms with Crippen molar-refractivity contribution in [2.75, 3.05) is 13.6 Å². The number of hydrogen-bond acceptors (Lipinski definition) is 5. The number of halogens is 1. The van der Waals surface area contributed by atoms with Crippen LogP contribution < -0.4 is 0 Å². The fourth-order valence-corrected chi connectivity index (χ4v) is 4.47. The Kier molecular flexibility index (Phi) is 4.55. The fraction of sp³-hybridized carbons (Fsp3) is 0.300. The first-order valence-corrected chi connectivity index (χ1v) is 9.54. The van der Waals surface area contributed by atoms with Crippen molar-refractivity contribution in [3.05, 3.63) is 57.3 Å². The van der Waals surface area contributed by atoms with Crippen LogP contribution in [-0.2, 0) is 0 Å². The minimum absolute atomic E-state index is 0.243. The van der Waals surface area contributed by atoms with Gasteiger partial charge in [-0.1, -0.05) is 12.1 Å². The zero-order valence-corrected chi connectivity index (χ0v) is 16.4. The Balaban J connectivity index is 1.90. The van der Waals surface area contributed by atoms with Gasteiger partial charge in [0.15, 0.2) is 5.82 Å². The molecule has 2 atom stereocenters. The molecule has 0 bridgehead atoms. The van der Waals surface area contributed by atoms with Crippen LogP contribution in [0.3, 0.4) is 0 Å². The highest BCUT2D eigenvalue weighted by atomic mass is 79.9. The molecule has 1 aromatic heterocycles. The predicted molar refractivity (Wildman–Crippen MR) is 105 cm³/mol. The first kappa shape index (κ1) is 17.5. The van der Waals surface area contributed by atoms with Crippen LogP contribution in [0.25, 0.3) is 0 Å². The number of rotatable bonds is 2. The van der Waals surface area contributed by atoms with Gasteiger partial charge in [-0.3, -0.25) is 5.10 Å². The number of nitrogens with one attached hydrogen (secondary N) is 1. The third-order valence-corrected chi connectivity index (χ3v) is 6.01. The van der Waals surface area contributed by atoms with Crippen LogP contribution in [0.15, 0.2) is 45.6 Å². The SMILES string of the molecule is CN1C=C(C2=Nc3[nH]ncc3C(c3cccc(C#N)c3Br)C2C#N)CCC1. The van der Waals surface area contributed by atoms with E-state index >= 15 is 0 Å². The molecule has 0 saturated carbocycles. The maximum Gasteiger partial charge on any atom is 0.152 e. The van der Waals surface area contributed by atoms with E-state index in [1.54, 1.807) is 12.3 Å². The maximum atomic E-state index is 10.1. The number of aromatic nitrogens is 2. The highest BCUT2D eigenvalue weighted by molar-refractivity contribution is 9.10. The van der Waals surface area contributed by atoms with Gasteiger partial charge in [-0.2, -0.15) is 15.6 Å². The van der Waals surface area contributed by atoms with E-state index < -0.39 is 5.92 Å². The molecular weight excluding hydrogens is 404 g/mol. The van der Waals surface area contributed by atoms with Crippen LogP contribution in [0.5, 0.6) is 0 Å². The molecule has 0 amide bonds. The molecule has 0 fully saturated rings. The summed E-state index contributed by atoms with van der Waals surface area (Å²) in [4.78, 5) is 6.90. The second-order valence-corrected chi connectivity index (χ2v) is 7.61. The van der Waals surface area contributed by atoms with Crippen LogP contribution in [0, 0.1) is 28.6 Å². The number of aromatic amines is 1. The number of hydrogen-bond donors (Lipinski definition) is 1. The first-order chi connectivity index (χ1) is 13.1. The van der Waals surface area contributed by atoms with Crippen molar-refractivity contribution >= 4 is 27.5 Å². The lowest BCUT2D eigenvalue weighted by Crippen LogP contribution is -2.30. The standard InChI is InChI=1S/C20H17BrN6/c1-27-7-3-5-13(11-27)19-15(9-23)17(16-10-24-26-20(16)25-19)14-6-2-4-12(8-22)18(14)21/h2,4,6,10-11,15,17H,3,5,7H2,1H3,(H,24,26). The number of benzene rings is 1. The van der Waals surface area contributed by atoms with E-state index in [1.165, 1.54) is 0 Å². The average molecular weight is 421 g/mol. The summed E-state index contributed by atoms with van der Waals surface area (Å²) in [6.07, 6.45) is 5.76. The molecule has 3 heterocycles. The summed E-state index contributed by atoms with van der Waals surface area (Å²) in [5, 5.41) is 26.6. The fourth-order valence-electron chi connectivity index (χ4n) is 3.87. The Labute approximate surface area is 166 Å². The first-order valence-electron chi connectivity index (χ1n) is 8.75. The van der Waals surface area contributed by atoms with Crippen molar-refractivity contribution in [1.29, 1.82) is 10.5 Å². The van der Waals surface area contributed by atoms with E-state index in [9.17, 15) is 10.5 Å². The smallest absolute Gasteiger partial charge is 0.152 e. The number of aliphatic imine (C=N–C) groups is 1. The van der Waals surface area contributed by atoms with Crippen molar-refractivity contribution in [3.8, 4) is 12.1 Å².